The molecule has 0 aromatic carbocycles. The van der Waals surface area contributed by atoms with Crippen LogP contribution in [0.25, 0.3) is 0 Å². The van der Waals surface area contributed by atoms with Crippen LogP contribution < -0.4 is 4.90 Å². The molecule has 4 heteroatoms. The summed E-state index contributed by atoms with van der Waals surface area (Å²) in [7, 11) is 0. The molecule has 0 spiro atoms. The number of halogens is 1. The predicted molar refractivity (Wildman–Crippen MR) is 70.0 cm³/mol. The number of anilines is 1. The highest BCUT2D eigenvalue weighted by molar-refractivity contribution is 14.1. The van der Waals surface area contributed by atoms with E-state index >= 15 is 0 Å². The molecule has 1 aliphatic heterocycles. The lowest BCUT2D eigenvalue weighted by Gasteiger charge is -2.36. The van der Waals surface area contributed by atoms with E-state index in [9.17, 15) is 0 Å². The van der Waals surface area contributed by atoms with Gasteiger partial charge in [0.05, 0.1) is 0 Å². The fourth-order valence-electron chi connectivity index (χ4n) is 2.02. The minimum atomic E-state index is 0.571. The van der Waals surface area contributed by atoms with Gasteiger partial charge in [-0.05, 0) is 48.3 Å². The maximum Gasteiger partial charge on any atom is 0.225 e. The van der Waals surface area contributed by atoms with Crippen molar-refractivity contribution < 1.29 is 0 Å². The first-order valence-corrected chi connectivity index (χ1v) is 6.49. The zero-order chi connectivity index (χ0) is 10.8. The van der Waals surface area contributed by atoms with Crippen LogP contribution in [-0.2, 0) is 0 Å². The van der Waals surface area contributed by atoms with E-state index in [1.807, 2.05) is 12.4 Å². The molecule has 2 rings (SSSR count). The molecule has 15 heavy (non-hydrogen) atoms. The van der Waals surface area contributed by atoms with Crippen molar-refractivity contribution in [3.05, 3.63) is 16.0 Å². The number of piperidine rings is 1. The molecule has 1 saturated heterocycles. The van der Waals surface area contributed by atoms with E-state index in [0.717, 1.165) is 22.0 Å². The van der Waals surface area contributed by atoms with Crippen LogP contribution in [0.5, 0.6) is 0 Å². The summed E-state index contributed by atoms with van der Waals surface area (Å²) in [5.41, 5.74) is 0. The molecule has 0 amide bonds. The lowest BCUT2D eigenvalue weighted by Crippen LogP contribution is -2.42. The van der Waals surface area contributed by atoms with Crippen molar-refractivity contribution in [1.29, 1.82) is 0 Å². The average Bonchev–Trinajstić information content (AvgIpc) is 2.23. The topological polar surface area (TPSA) is 29.0 Å². The quantitative estimate of drug-likeness (QED) is 0.746. The Kier molecular flexibility index (Phi) is 3.43. The molecule has 0 bridgehead atoms. The monoisotopic (exact) mass is 317 g/mol. The Bertz CT molecular complexity index is 325. The highest BCUT2D eigenvalue weighted by atomic mass is 127. The zero-order valence-corrected chi connectivity index (χ0v) is 11.3. The van der Waals surface area contributed by atoms with Gasteiger partial charge in [0.25, 0.3) is 0 Å². The maximum atomic E-state index is 4.39. The van der Waals surface area contributed by atoms with Crippen molar-refractivity contribution in [2.75, 3.05) is 11.4 Å². The summed E-state index contributed by atoms with van der Waals surface area (Å²) in [5, 5.41) is 0. The Hall–Kier alpha value is -0.390. The lowest BCUT2D eigenvalue weighted by atomic mass is 9.95. The minimum absolute atomic E-state index is 0.571. The van der Waals surface area contributed by atoms with Gasteiger partial charge >= 0.3 is 0 Å². The molecule has 2 heterocycles. The summed E-state index contributed by atoms with van der Waals surface area (Å²) in [6.45, 7) is 5.64. The summed E-state index contributed by atoms with van der Waals surface area (Å²) in [6.07, 6.45) is 6.34. The summed E-state index contributed by atoms with van der Waals surface area (Å²) >= 11 is 2.23. The second-order valence-corrected chi connectivity index (χ2v) is 5.63. The van der Waals surface area contributed by atoms with Crippen molar-refractivity contribution in [2.45, 2.75) is 32.7 Å². The zero-order valence-electron chi connectivity index (χ0n) is 9.15. The molecule has 3 nitrogen and oxygen atoms in total. The normalized spacial score (nSPS) is 26.7. The largest absolute Gasteiger partial charge is 0.338 e. The molecule has 0 radical (unpaired) electrons. The first-order valence-electron chi connectivity index (χ1n) is 5.41. The van der Waals surface area contributed by atoms with Gasteiger partial charge in [0.15, 0.2) is 0 Å². The van der Waals surface area contributed by atoms with Crippen molar-refractivity contribution >= 4 is 28.5 Å². The molecule has 82 valence electrons. The van der Waals surface area contributed by atoms with Crippen molar-refractivity contribution in [3.8, 4) is 0 Å². The third-order valence-corrected chi connectivity index (χ3v) is 3.54. The first-order chi connectivity index (χ1) is 7.16. The average molecular weight is 317 g/mol. The summed E-state index contributed by atoms with van der Waals surface area (Å²) in [5.74, 6) is 1.64. The molecule has 0 saturated carbocycles. The van der Waals surface area contributed by atoms with Gasteiger partial charge in [0, 0.05) is 28.6 Å². The molecule has 1 aliphatic rings. The molecule has 0 N–H and O–H groups in total. The second-order valence-electron chi connectivity index (χ2n) is 4.39. The van der Waals surface area contributed by atoms with Crippen molar-refractivity contribution in [3.63, 3.8) is 0 Å². The minimum Gasteiger partial charge on any atom is -0.338 e. The van der Waals surface area contributed by atoms with Crippen LogP contribution in [0.4, 0.5) is 5.95 Å². The maximum absolute atomic E-state index is 4.39. The number of aromatic nitrogens is 2. The van der Waals surface area contributed by atoms with E-state index in [-0.39, 0.29) is 0 Å². The first kappa shape index (κ1) is 11.1. The van der Waals surface area contributed by atoms with Gasteiger partial charge in [-0.15, -0.1) is 0 Å². The van der Waals surface area contributed by atoms with E-state index in [0.29, 0.717) is 6.04 Å². The number of rotatable bonds is 1. The number of hydrogen-bond acceptors (Lipinski definition) is 3. The fourth-order valence-corrected chi connectivity index (χ4v) is 2.30. The highest BCUT2D eigenvalue weighted by Crippen LogP contribution is 2.24. The summed E-state index contributed by atoms with van der Waals surface area (Å²) < 4.78 is 1.09. The van der Waals surface area contributed by atoms with Crippen LogP contribution >= 0.6 is 22.6 Å². The van der Waals surface area contributed by atoms with Gasteiger partial charge in [0.1, 0.15) is 0 Å². The third-order valence-electron chi connectivity index (χ3n) is 2.98. The Labute approximate surface area is 104 Å². The molecule has 1 aromatic heterocycles. The van der Waals surface area contributed by atoms with Gasteiger partial charge in [-0.25, -0.2) is 9.97 Å². The van der Waals surface area contributed by atoms with E-state index < -0.39 is 0 Å². The SMILES string of the molecule is CC1CCC(C)N(c2ncc(I)cn2)C1. The van der Waals surface area contributed by atoms with Crippen LogP contribution in [-0.4, -0.2) is 22.6 Å². The number of nitrogens with zero attached hydrogens (tertiary/aromatic N) is 3. The van der Waals surface area contributed by atoms with E-state index in [1.54, 1.807) is 0 Å². The Balaban J connectivity index is 2.17. The van der Waals surface area contributed by atoms with Crippen molar-refractivity contribution in [1.82, 2.24) is 9.97 Å². The molecular formula is C11H16IN3. The summed E-state index contributed by atoms with van der Waals surface area (Å²) in [4.78, 5) is 11.1. The summed E-state index contributed by atoms with van der Waals surface area (Å²) in [6, 6.07) is 0.571. The van der Waals surface area contributed by atoms with Gasteiger partial charge in [-0.3, -0.25) is 0 Å². The van der Waals surface area contributed by atoms with Crippen molar-refractivity contribution in [2.24, 2.45) is 5.92 Å². The van der Waals surface area contributed by atoms with Crippen LogP contribution in [0.2, 0.25) is 0 Å². The van der Waals surface area contributed by atoms with E-state index in [1.165, 1.54) is 12.8 Å². The van der Waals surface area contributed by atoms with Crippen LogP contribution in [0.3, 0.4) is 0 Å². The smallest absolute Gasteiger partial charge is 0.225 e. The van der Waals surface area contributed by atoms with Crippen LogP contribution in [0.1, 0.15) is 26.7 Å². The Morgan fingerprint density at radius 3 is 2.60 bits per heavy atom. The van der Waals surface area contributed by atoms with Gasteiger partial charge in [0.2, 0.25) is 5.95 Å². The van der Waals surface area contributed by atoms with Gasteiger partial charge < -0.3 is 4.90 Å². The molecular weight excluding hydrogens is 301 g/mol. The highest BCUT2D eigenvalue weighted by Gasteiger charge is 2.24. The fraction of sp³-hybridized carbons (Fsp3) is 0.636. The van der Waals surface area contributed by atoms with Crippen LogP contribution in [0, 0.1) is 9.49 Å². The molecule has 0 aliphatic carbocycles. The third kappa shape index (κ3) is 2.59. The van der Waals surface area contributed by atoms with Crippen LogP contribution in [0.15, 0.2) is 12.4 Å². The van der Waals surface area contributed by atoms with E-state index in [2.05, 4.69) is 51.3 Å². The molecule has 1 aromatic rings. The standard InChI is InChI=1S/C11H16IN3/c1-8-3-4-9(2)15(7-8)11-13-5-10(12)6-14-11/h5-6,8-9H,3-4,7H2,1-2H3. The predicted octanol–water partition coefficient (Wildman–Crippen LogP) is 2.71. The lowest BCUT2D eigenvalue weighted by molar-refractivity contribution is 0.385. The molecule has 2 unspecified atom stereocenters. The Morgan fingerprint density at radius 1 is 1.27 bits per heavy atom. The van der Waals surface area contributed by atoms with Gasteiger partial charge in [-0.1, -0.05) is 6.92 Å². The molecule has 2 atom stereocenters. The molecule has 1 fully saturated rings. The number of hydrogen-bond donors (Lipinski definition) is 0. The second kappa shape index (κ2) is 4.63. The Morgan fingerprint density at radius 2 is 1.93 bits per heavy atom. The van der Waals surface area contributed by atoms with E-state index in [4.69, 9.17) is 0 Å². The van der Waals surface area contributed by atoms with Gasteiger partial charge in [-0.2, -0.15) is 0 Å².